The first-order valence-electron chi connectivity index (χ1n) is 7.11. The Labute approximate surface area is 143 Å². The molecule has 0 aliphatic carbocycles. The third-order valence-corrected chi connectivity index (χ3v) is 3.48. The molecule has 0 saturated heterocycles. The highest BCUT2D eigenvalue weighted by Crippen LogP contribution is 2.34. The van der Waals surface area contributed by atoms with Crippen molar-refractivity contribution >= 4 is 29.2 Å². The largest absolute Gasteiger partial charge is 0.418 e. The molecule has 0 heterocycles. The lowest BCUT2D eigenvalue weighted by Gasteiger charge is -2.14. The van der Waals surface area contributed by atoms with Crippen molar-refractivity contribution in [3.63, 3.8) is 0 Å². The van der Waals surface area contributed by atoms with Crippen LogP contribution in [0.2, 0.25) is 0 Å². The molecule has 2 aromatic rings. The molecule has 0 aliphatic heterocycles. The lowest BCUT2D eigenvalue weighted by atomic mass is 10.1. The summed E-state index contributed by atoms with van der Waals surface area (Å²) >= 11 is 4.99. The monoisotopic (exact) mass is 351 g/mol. The van der Waals surface area contributed by atoms with Crippen molar-refractivity contribution in [3.8, 4) is 0 Å². The standard InChI is InChI=1S/C17H16F3N3S/c1-11-7-8-12(2)13(9-11)10-21-23-16(24)22-15-6-4-3-5-14(15)17(18,19)20/h3-10H,1-2H3,(H2,22,23,24)/b21-10-. The van der Waals surface area contributed by atoms with Gasteiger partial charge >= 0.3 is 6.18 Å². The van der Waals surface area contributed by atoms with Crippen LogP contribution in [0, 0.1) is 13.8 Å². The van der Waals surface area contributed by atoms with Crippen LogP contribution in [-0.4, -0.2) is 11.3 Å². The number of benzene rings is 2. The van der Waals surface area contributed by atoms with E-state index in [1.807, 2.05) is 32.0 Å². The first-order valence-corrected chi connectivity index (χ1v) is 7.52. The molecule has 2 rings (SSSR count). The highest BCUT2D eigenvalue weighted by molar-refractivity contribution is 7.80. The zero-order chi connectivity index (χ0) is 17.7. The predicted molar refractivity (Wildman–Crippen MR) is 94.3 cm³/mol. The summed E-state index contributed by atoms with van der Waals surface area (Å²) in [7, 11) is 0. The van der Waals surface area contributed by atoms with Crippen LogP contribution < -0.4 is 10.7 Å². The van der Waals surface area contributed by atoms with E-state index in [4.69, 9.17) is 12.2 Å². The van der Waals surface area contributed by atoms with E-state index in [0.29, 0.717) is 0 Å². The number of hydrogen-bond acceptors (Lipinski definition) is 2. The summed E-state index contributed by atoms with van der Waals surface area (Å²) in [5.41, 5.74) is 4.65. The van der Waals surface area contributed by atoms with Gasteiger partial charge < -0.3 is 5.32 Å². The van der Waals surface area contributed by atoms with Gasteiger partial charge in [-0.25, -0.2) is 0 Å². The molecule has 3 nitrogen and oxygen atoms in total. The van der Waals surface area contributed by atoms with Crippen LogP contribution in [0.3, 0.4) is 0 Å². The van der Waals surface area contributed by atoms with E-state index >= 15 is 0 Å². The molecule has 2 N–H and O–H groups in total. The summed E-state index contributed by atoms with van der Waals surface area (Å²) in [6, 6.07) is 11.0. The third-order valence-electron chi connectivity index (χ3n) is 3.29. The second-order valence-electron chi connectivity index (χ2n) is 5.23. The highest BCUT2D eigenvalue weighted by atomic mass is 32.1. The molecule has 126 valence electrons. The second kappa shape index (κ2) is 7.44. The Balaban J connectivity index is 2.04. The molecule has 0 aromatic heterocycles. The smallest absolute Gasteiger partial charge is 0.331 e. The summed E-state index contributed by atoms with van der Waals surface area (Å²) in [4.78, 5) is 0. The number of nitrogens with zero attached hydrogens (tertiary/aromatic N) is 1. The minimum absolute atomic E-state index is 0.0201. The molecule has 0 atom stereocenters. The van der Waals surface area contributed by atoms with Crippen molar-refractivity contribution < 1.29 is 13.2 Å². The second-order valence-corrected chi connectivity index (χ2v) is 5.64. The summed E-state index contributed by atoms with van der Waals surface area (Å²) in [6.07, 6.45) is -2.88. The lowest BCUT2D eigenvalue weighted by Crippen LogP contribution is -2.25. The van der Waals surface area contributed by atoms with E-state index in [2.05, 4.69) is 15.8 Å². The van der Waals surface area contributed by atoms with Crippen LogP contribution in [0.1, 0.15) is 22.3 Å². The Hall–Kier alpha value is -2.41. The highest BCUT2D eigenvalue weighted by Gasteiger charge is 2.33. The van der Waals surface area contributed by atoms with E-state index in [9.17, 15) is 13.2 Å². The molecule has 0 unspecified atom stereocenters. The first kappa shape index (κ1) is 17.9. The van der Waals surface area contributed by atoms with Crippen LogP contribution in [0.5, 0.6) is 0 Å². The molecular weight excluding hydrogens is 335 g/mol. The number of nitrogens with one attached hydrogen (secondary N) is 2. The van der Waals surface area contributed by atoms with Gasteiger partial charge in [0.25, 0.3) is 0 Å². The minimum atomic E-state index is -4.46. The van der Waals surface area contributed by atoms with Gasteiger partial charge in [0.2, 0.25) is 0 Å². The van der Waals surface area contributed by atoms with Crippen molar-refractivity contribution in [1.29, 1.82) is 0 Å². The number of halogens is 3. The number of aryl methyl sites for hydroxylation is 2. The van der Waals surface area contributed by atoms with Crippen molar-refractivity contribution in [1.82, 2.24) is 5.43 Å². The maximum Gasteiger partial charge on any atom is 0.418 e. The molecular formula is C17H16F3N3S. The number of para-hydroxylation sites is 1. The van der Waals surface area contributed by atoms with Gasteiger partial charge in [-0.05, 0) is 49.3 Å². The fourth-order valence-electron chi connectivity index (χ4n) is 2.05. The van der Waals surface area contributed by atoms with Crippen LogP contribution >= 0.6 is 12.2 Å². The minimum Gasteiger partial charge on any atom is -0.331 e. The van der Waals surface area contributed by atoms with Gasteiger partial charge in [-0.2, -0.15) is 18.3 Å². The van der Waals surface area contributed by atoms with E-state index in [1.54, 1.807) is 6.21 Å². The summed E-state index contributed by atoms with van der Waals surface area (Å²) < 4.78 is 38.8. The molecule has 0 amide bonds. The van der Waals surface area contributed by atoms with Gasteiger partial charge in [-0.3, -0.25) is 5.43 Å². The number of hydrogen-bond donors (Lipinski definition) is 2. The van der Waals surface area contributed by atoms with Crippen LogP contribution in [0.15, 0.2) is 47.6 Å². The lowest BCUT2D eigenvalue weighted by molar-refractivity contribution is -0.136. The fourth-order valence-corrected chi connectivity index (χ4v) is 2.21. The predicted octanol–water partition coefficient (Wildman–Crippen LogP) is 4.64. The normalized spacial score (nSPS) is 11.5. The Morgan fingerprint density at radius 2 is 1.83 bits per heavy atom. The Morgan fingerprint density at radius 1 is 1.12 bits per heavy atom. The average Bonchev–Trinajstić information content (AvgIpc) is 2.50. The van der Waals surface area contributed by atoms with E-state index < -0.39 is 11.7 Å². The van der Waals surface area contributed by atoms with E-state index in [-0.39, 0.29) is 10.8 Å². The van der Waals surface area contributed by atoms with E-state index in [0.717, 1.165) is 22.8 Å². The number of rotatable bonds is 3. The molecule has 24 heavy (non-hydrogen) atoms. The number of hydrazone groups is 1. The van der Waals surface area contributed by atoms with Gasteiger partial charge in [-0.1, -0.05) is 35.9 Å². The molecule has 0 radical (unpaired) electrons. The zero-order valence-electron chi connectivity index (χ0n) is 13.1. The number of alkyl halides is 3. The van der Waals surface area contributed by atoms with Crippen molar-refractivity contribution in [2.45, 2.75) is 20.0 Å². The number of anilines is 1. The molecule has 0 saturated carbocycles. The van der Waals surface area contributed by atoms with Crippen molar-refractivity contribution in [2.24, 2.45) is 5.10 Å². The summed E-state index contributed by atoms with van der Waals surface area (Å²) in [5.74, 6) is 0. The van der Waals surface area contributed by atoms with Crippen LogP contribution in [0.4, 0.5) is 18.9 Å². The SMILES string of the molecule is Cc1ccc(C)c(/C=N\NC(=S)Nc2ccccc2C(F)(F)F)c1. The van der Waals surface area contributed by atoms with Gasteiger partial charge in [-0.15, -0.1) is 0 Å². The van der Waals surface area contributed by atoms with Crippen LogP contribution in [-0.2, 0) is 6.18 Å². The van der Waals surface area contributed by atoms with Gasteiger partial charge in [0.05, 0.1) is 17.5 Å². The van der Waals surface area contributed by atoms with Crippen LogP contribution in [0.25, 0.3) is 0 Å². The average molecular weight is 351 g/mol. The molecule has 7 heteroatoms. The topological polar surface area (TPSA) is 36.4 Å². The summed E-state index contributed by atoms with van der Waals surface area (Å²) in [6.45, 7) is 3.90. The zero-order valence-corrected chi connectivity index (χ0v) is 13.9. The number of thiocarbonyl (C=S) groups is 1. The van der Waals surface area contributed by atoms with E-state index in [1.165, 1.54) is 18.2 Å². The molecule has 0 fully saturated rings. The van der Waals surface area contributed by atoms with Gasteiger partial charge in [0, 0.05) is 0 Å². The fraction of sp³-hybridized carbons (Fsp3) is 0.176. The van der Waals surface area contributed by atoms with Gasteiger partial charge in [0.1, 0.15) is 0 Å². The Morgan fingerprint density at radius 3 is 2.54 bits per heavy atom. The quantitative estimate of drug-likeness (QED) is 0.480. The Kier molecular flexibility index (Phi) is 5.56. The first-order chi connectivity index (χ1) is 11.3. The maximum absolute atomic E-state index is 12.9. The maximum atomic E-state index is 12.9. The van der Waals surface area contributed by atoms with Gasteiger partial charge in [0.15, 0.2) is 5.11 Å². The molecule has 0 aliphatic rings. The third kappa shape index (κ3) is 4.79. The Bertz CT molecular complexity index is 770. The van der Waals surface area contributed by atoms with Crippen molar-refractivity contribution in [2.75, 3.05) is 5.32 Å². The molecule has 0 spiro atoms. The van der Waals surface area contributed by atoms with Crippen molar-refractivity contribution in [3.05, 3.63) is 64.7 Å². The molecule has 0 bridgehead atoms. The summed E-state index contributed by atoms with van der Waals surface area (Å²) in [5, 5.41) is 6.47. The molecule has 2 aromatic carbocycles.